The number of ether oxygens (including phenoxy) is 1. The van der Waals surface area contributed by atoms with Crippen LogP contribution in [0.3, 0.4) is 0 Å². The fourth-order valence-corrected chi connectivity index (χ4v) is 3.23. The third-order valence-corrected chi connectivity index (χ3v) is 4.42. The van der Waals surface area contributed by atoms with Crippen LogP contribution < -0.4 is 10.5 Å². The van der Waals surface area contributed by atoms with Gasteiger partial charge in [-0.2, -0.15) is 0 Å². The molecule has 0 saturated heterocycles. The molecule has 1 aliphatic rings. The van der Waals surface area contributed by atoms with E-state index in [2.05, 4.69) is 15.9 Å². The van der Waals surface area contributed by atoms with Crippen LogP contribution in [0.15, 0.2) is 40.9 Å². The number of halogens is 2. The molecule has 0 aromatic heterocycles. The van der Waals surface area contributed by atoms with Crippen LogP contribution in [-0.4, -0.2) is 0 Å². The van der Waals surface area contributed by atoms with Crippen molar-refractivity contribution in [2.45, 2.75) is 25.5 Å². The molecule has 0 fully saturated rings. The number of hydrogen-bond acceptors (Lipinski definition) is 2. The maximum Gasteiger partial charge on any atom is 0.126 e. The highest BCUT2D eigenvalue weighted by Crippen LogP contribution is 2.41. The highest BCUT2D eigenvalue weighted by Gasteiger charge is 2.28. The summed E-state index contributed by atoms with van der Waals surface area (Å²) < 4.78 is 7.13. The topological polar surface area (TPSA) is 35.2 Å². The normalized spacial score (nSPS) is 21.2. The lowest BCUT2D eigenvalue weighted by molar-refractivity contribution is 0.161. The summed E-state index contributed by atoms with van der Waals surface area (Å²) in [6.45, 7) is 2.05. The van der Waals surface area contributed by atoms with E-state index in [4.69, 9.17) is 22.1 Å². The number of nitrogens with two attached hydrogens (primary N) is 1. The molecule has 0 aliphatic carbocycles. The molecule has 1 aliphatic heterocycles. The van der Waals surface area contributed by atoms with Gasteiger partial charge in [0.1, 0.15) is 11.9 Å². The minimum atomic E-state index is -0.0240. The van der Waals surface area contributed by atoms with Crippen molar-refractivity contribution in [3.05, 3.63) is 62.6 Å². The summed E-state index contributed by atoms with van der Waals surface area (Å²) in [4.78, 5) is 0. The molecule has 1 unspecified atom stereocenters. The molecule has 20 heavy (non-hydrogen) atoms. The molecule has 0 bridgehead atoms. The second-order valence-electron chi connectivity index (χ2n) is 5.13. The van der Waals surface area contributed by atoms with Crippen LogP contribution >= 0.6 is 27.5 Å². The Labute approximate surface area is 132 Å². The lowest BCUT2D eigenvalue weighted by Crippen LogP contribution is -2.24. The van der Waals surface area contributed by atoms with E-state index in [-0.39, 0.29) is 12.1 Å². The number of aryl methyl sites for hydroxylation is 1. The summed E-state index contributed by atoms with van der Waals surface area (Å²) in [5.74, 6) is 0.859. The monoisotopic (exact) mass is 351 g/mol. The lowest BCUT2D eigenvalue weighted by Gasteiger charge is -2.31. The highest BCUT2D eigenvalue weighted by atomic mass is 79.9. The van der Waals surface area contributed by atoms with Gasteiger partial charge >= 0.3 is 0 Å². The van der Waals surface area contributed by atoms with Crippen molar-refractivity contribution in [1.82, 2.24) is 0 Å². The summed E-state index contributed by atoms with van der Waals surface area (Å²) >= 11 is 9.49. The average molecular weight is 353 g/mol. The third kappa shape index (κ3) is 2.58. The van der Waals surface area contributed by atoms with Crippen LogP contribution in [0.1, 0.15) is 35.3 Å². The van der Waals surface area contributed by atoms with Crippen LogP contribution in [0.25, 0.3) is 0 Å². The predicted molar refractivity (Wildman–Crippen MR) is 85.2 cm³/mol. The predicted octanol–water partition coefficient (Wildman–Crippen LogP) is 4.93. The minimum Gasteiger partial charge on any atom is -0.485 e. The number of fused-ring (bicyclic) bond motifs is 1. The fraction of sp³-hybridized carbons (Fsp3) is 0.250. The SMILES string of the molecule is Cc1cc(Cl)ccc1C1C[C@H](N)c2ccc(Br)cc2O1. The summed E-state index contributed by atoms with van der Waals surface area (Å²) in [6.07, 6.45) is 0.751. The van der Waals surface area contributed by atoms with Gasteiger partial charge in [0, 0.05) is 27.5 Å². The molecular formula is C16H15BrClNO. The lowest BCUT2D eigenvalue weighted by atomic mass is 9.92. The van der Waals surface area contributed by atoms with Crippen LogP contribution in [-0.2, 0) is 0 Å². The Kier molecular flexibility index (Phi) is 3.76. The molecule has 2 nitrogen and oxygen atoms in total. The van der Waals surface area contributed by atoms with Crippen molar-refractivity contribution >= 4 is 27.5 Å². The van der Waals surface area contributed by atoms with Crippen molar-refractivity contribution in [1.29, 1.82) is 0 Å². The van der Waals surface area contributed by atoms with Crippen molar-refractivity contribution in [3.63, 3.8) is 0 Å². The molecular weight excluding hydrogens is 338 g/mol. The summed E-state index contributed by atoms with van der Waals surface area (Å²) in [5, 5.41) is 0.745. The Morgan fingerprint density at radius 3 is 2.70 bits per heavy atom. The fourth-order valence-electron chi connectivity index (χ4n) is 2.67. The van der Waals surface area contributed by atoms with Gasteiger partial charge in [-0.25, -0.2) is 0 Å². The van der Waals surface area contributed by atoms with E-state index in [9.17, 15) is 0 Å². The first-order valence-electron chi connectivity index (χ1n) is 6.52. The molecule has 2 aromatic carbocycles. The third-order valence-electron chi connectivity index (χ3n) is 3.69. The van der Waals surface area contributed by atoms with Gasteiger partial charge in [-0.05, 0) is 42.3 Å². The van der Waals surface area contributed by atoms with Gasteiger partial charge in [0.2, 0.25) is 0 Å². The Balaban J connectivity index is 1.98. The Morgan fingerprint density at radius 2 is 1.95 bits per heavy atom. The Bertz CT molecular complexity index is 659. The molecule has 0 radical (unpaired) electrons. The number of rotatable bonds is 1. The quantitative estimate of drug-likeness (QED) is 0.789. The standard InChI is InChI=1S/C16H15BrClNO/c1-9-6-11(18)3-5-12(9)16-8-14(19)13-4-2-10(17)7-15(13)20-16/h2-7,14,16H,8,19H2,1H3/t14-,16?/m0/s1. The summed E-state index contributed by atoms with van der Waals surface area (Å²) in [5.41, 5.74) is 9.63. The average Bonchev–Trinajstić information content (AvgIpc) is 2.37. The smallest absolute Gasteiger partial charge is 0.126 e. The molecule has 2 aromatic rings. The maximum absolute atomic E-state index is 6.28. The summed E-state index contributed by atoms with van der Waals surface area (Å²) in [6, 6.07) is 11.9. The van der Waals surface area contributed by atoms with E-state index in [1.54, 1.807) is 0 Å². The van der Waals surface area contributed by atoms with Crippen molar-refractivity contribution < 1.29 is 4.74 Å². The van der Waals surface area contributed by atoms with Crippen LogP contribution in [0, 0.1) is 6.92 Å². The van der Waals surface area contributed by atoms with E-state index in [1.165, 1.54) is 0 Å². The van der Waals surface area contributed by atoms with Gasteiger partial charge in [0.25, 0.3) is 0 Å². The van der Waals surface area contributed by atoms with E-state index in [0.717, 1.165) is 38.4 Å². The van der Waals surface area contributed by atoms with Crippen molar-refractivity contribution in [3.8, 4) is 5.75 Å². The van der Waals surface area contributed by atoms with Gasteiger partial charge in [-0.3, -0.25) is 0 Å². The first kappa shape index (κ1) is 13.9. The van der Waals surface area contributed by atoms with Gasteiger partial charge in [-0.1, -0.05) is 39.7 Å². The van der Waals surface area contributed by atoms with Gasteiger partial charge in [0.15, 0.2) is 0 Å². The molecule has 4 heteroatoms. The maximum atomic E-state index is 6.28. The molecule has 0 amide bonds. The molecule has 104 valence electrons. The first-order chi connectivity index (χ1) is 9.54. The zero-order chi connectivity index (χ0) is 14.3. The minimum absolute atomic E-state index is 0.00747. The second kappa shape index (κ2) is 5.40. The number of hydrogen-bond donors (Lipinski definition) is 1. The molecule has 3 rings (SSSR count). The molecule has 0 spiro atoms. The molecule has 1 heterocycles. The number of benzene rings is 2. The zero-order valence-corrected chi connectivity index (χ0v) is 13.4. The van der Waals surface area contributed by atoms with E-state index in [1.807, 2.05) is 43.3 Å². The van der Waals surface area contributed by atoms with E-state index >= 15 is 0 Å². The van der Waals surface area contributed by atoms with Crippen molar-refractivity contribution in [2.75, 3.05) is 0 Å². The van der Waals surface area contributed by atoms with Crippen LogP contribution in [0.2, 0.25) is 5.02 Å². The molecule has 0 saturated carbocycles. The van der Waals surface area contributed by atoms with Gasteiger partial charge < -0.3 is 10.5 Å². The summed E-state index contributed by atoms with van der Waals surface area (Å²) in [7, 11) is 0. The van der Waals surface area contributed by atoms with E-state index < -0.39 is 0 Å². The van der Waals surface area contributed by atoms with E-state index in [0.29, 0.717) is 0 Å². The molecule has 2 N–H and O–H groups in total. The van der Waals surface area contributed by atoms with Gasteiger partial charge in [0.05, 0.1) is 0 Å². The Morgan fingerprint density at radius 1 is 1.20 bits per heavy atom. The molecule has 2 atom stereocenters. The largest absolute Gasteiger partial charge is 0.485 e. The Hall–Kier alpha value is -1.03. The van der Waals surface area contributed by atoms with Crippen LogP contribution in [0.4, 0.5) is 0 Å². The van der Waals surface area contributed by atoms with Gasteiger partial charge in [-0.15, -0.1) is 0 Å². The second-order valence-corrected chi connectivity index (χ2v) is 6.48. The first-order valence-corrected chi connectivity index (χ1v) is 7.69. The highest BCUT2D eigenvalue weighted by molar-refractivity contribution is 9.10. The zero-order valence-electron chi connectivity index (χ0n) is 11.1. The van der Waals surface area contributed by atoms with Crippen LogP contribution in [0.5, 0.6) is 5.75 Å². The van der Waals surface area contributed by atoms with Crippen molar-refractivity contribution in [2.24, 2.45) is 5.73 Å².